The molecule has 6 aromatic rings. The van der Waals surface area contributed by atoms with Crippen LogP contribution in [0.5, 0.6) is 5.75 Å². The van der Waals surface area contributed by atoms with Gasteiger partial charge in [0, 0.05) is 92.1 Å². The van der Waals surface area contributed by atoms with Crippen LogP contribution in [0.15, 0.2) is 128 Å². The number of H-pyrrole nitrogens is 1. The summed E-state index contributed by atoms with van der Waals surface area (Å²) in [5.74, 6) is -19.0. The van der Waals surface area contributed by atoms with Gasteiger partial charge in [-0.05, 0) is 132 Å². The molecule has 6 rings (SSSR count). The van der Waals surface area contributed by atoms with Gasteiger partial charge in [0.2, 0.25) is 112 Å². The molecule has 0 aliphatic rings. The highest BCUT2D eigenvalue weighted by molar-refractivity contribution is 7.82. The summed E-state index contributed by atoms with van der Waals surface area (Å²) in [7, 11) is 0. The molecule has 0 unspecified atom stereocenters. The molecule has 19 amide bonds. The van der Waals surface area contributed by atoms with E-state index in [2.05, 4.69) is 92.0 Å². The standard InChI is InChI=1S/C90H123N21O21S2/c1-47(112)72(108-77(121)60(32-34-68(92)115)101-85(129)73(89(6,7)133)110-82(126)63(99-49(3)114)40-50-19-11-10-12-20-50)84(128)105-66(43-55-46-98-58-24-16-15-23-57(55)58)80(124)100-61(33-35-69(93)116)78(122)109-74(90(8,9)134)86(130)106-64(41-51-27-30-56(31-28-51)132-38-36-91)79(123)103-65(42-52-26-29-53-21-13-14-22-54(53)39-52)83(127)111-88(4,5)87(131)107-59(25-17-18-37-97-48(2)113)76(120)104-67(45-71(95)118)81(125)102-62(75(96)119)44-70(94)117/h10-16,19-24,26-31,39,46-47,59-67,72-74,98,112,133-134H,17-18,25,32-38,40-45,91H2,1-9H3,(H2,92,115)(H2,93,116)(H2,94,117)(H2,95,118)(H2,96,119)(H,97,113)(H,99,114)(H,100,124)(H,101,129)(H,102,125)(H,103,123)(H,104,120)(H,105,128)(H,106,130)(H,107,131)(H,108,121)(H,109,122)(H,110,126)(H,111,127)/t47-,59+,60+,61+,62+,63-,64+,65+,66+,67+,72+,73-,74-/m1/s1. The first-order valence-corrected chi connectivity index (χ1v) is 44.0. The number of hydrogen-bond donors (Lipinski definition) is 24. The number of carbonyl (C=O) groups excluding carboxylic acids is 19. The van der Waals surface area contributed by atoms with Gasteiger partial charge < -0.3 is 124 Å². The molecule has 0 radical (unpaired) electrons. The maximum absolute atomic E-state index is 15.6. The summed E-state index contributed by atoms with van der Waals surface area (Å²) in [5, 5.41) is 49.0. The number of ether oxygens (including phenoxy) is 1. The molecular weight excluding hydrogens is 1780 g/mol. The van der Waals surface area contributed by atoms with Crippen molar-refractivity contribution < 1.29 is 101 Å². The third-order valence-corrected chi connectivity index (χ3v) is 21.7. The average Bonchev–Trinajstić information content (AvgIpc) is 1.79. The normalized spacial score (nSPS) is 14.4. The first-order valence-electron chi connectivity index (χ1n) is 43.2. The minimum absolute atomic E-state index is 0.00904. The van der Waals surface area contributed by atoms with E-state index in [1.807, 2.05) is 6.07 Å². The second-order valence-corrected chi connectivity index (χ2v) is 36.4. The van der Waals surface area contributed by atoms with E-state index in [0.717, 1.165) is 12.3 Å². The number of aromatic amines is 1. The van der Waals surface area contributed by atoms with E-state index in [1.54, 1.807) is 115 Å². The fourth-order valence-corrected chi connectivity index (χ4v) is 14.4. The van der Waals surface area contributed by atoms with E-state index in [-0.39, 0.29) is 64.1 Å². The number of fused-ring (bicyclic) bond motifs is 2. The van der Waals surface area contributed by atoms with E-state index in [1.165, 1.54) is 61.6 Å². The van der Waals surface area contributed by atoms with Gasteiger partial charge in [-0.25, -0.2) is 0 Å². The Hall–Kier alpha value is -13.7. The molecular formula is C90H123N21O21S2. The molecule has 0 saturated heterocycles. The van der Waals surface area contributed by atoms with Crippen molar-refractivity contribution in [3.8, 4) is 5.75 Å². The minimum Gasteiger partial charge on any atom is -0.492 e. The van der Waals surface area contributed by atoms with Gasteiger partial charge in [-0.2, -0.15) is 25.3 Å². The Bertz CT molecular complexity index is 5220. The summed E-state index contributed by atoms with van der Waals surface area (Å²) in [6, 6.07) is 13.5. The number of hydrogen-bond acceptors (Lipinski definition) is 24. The minimum atomic E-state index is -2.05. The van der Waals surface area contributed by atoms with Gasteiger partial charge in [-0.3, -0.25) is 91.1 Å². The fourth-order valence-electron chi connectivity index (χ4n) is 14.1. The van der Waals surface area contributed by atoms with E-state index < -0.39 is 245 Å². The van der Waals surface area contributed by atoms with Gasteiger partial charge in [-0.15, -0.1) is 0 Å². The lowest BCUT2D eigenvalue weighted by Gasteiger charge is -2.33. The van der Waals surface area contributed by atoms with Crippen molar-refractivity contribution in [2.45, 2.75) is 239 Å². The van der Waals surface area contributed by atoms with E-state index in [4.69, 9.17) is 51.8 Å². The van der Waals surface area contributed by atoms with Crippen LogP contribution in [-0.2, 0) is 117 Å². The fraction of sp³-hybridized carbons (Fsp3) is 0.456. The molecule has 0 spiro atoms. The molecule has 44 heteroatoms. The third-order valence-electron chi connectivity index (χ3n) is 21.2. The van der Waals surface area contributed by atoms with Crippen molar-refractivity contribution >= 4 is 159 Å². The summed E-state index contributed by atoms with van der Waals surface area (Å²) < 4.78 is 2.65. The Kier molecular flexibility index (Phi) is 41.7. The number of amides is 19. The number of primary amides is 5. The molecule has 1 aromatic heterocycles. The van der Waals surface area contributed by atoms with Crippen molar-refractivity contribution in [3.05, 3.63) is 150 Å². The molecule has 0 bridgehead atoms. The Balaban J connectivity index is 1.34. The van der Waals surface area contributed by atoms with Crippen LogP contribution in [-0.4, -0.2) is 236 Å². The van der Waals surface area contributed by atoms with Crippen LogP contribution in [0, 0.1) is 0 Å². The molecule has 5 aromatic carbocycles. The molecule has 0 fully saturated rings. The Morgan fingerprint density at radius 1 is 0.418 bits per heavy atom. The molecule has 1 heterocycles. The van der Waals surface area contributed by atoms with Crippen LogP contribution in [0.1, 0.15) is 142 Å². The zero-order valence-electron chi connectivity index (χ0n) is 75.9. The molecule has 0 aliphatic carbocycles. The number of carbonyl (C=O) groups is 19. The van der Waals surface area contributed by atoms with Gasteiger partial charge >= 0.3 is 0 Å². The quantitative estimate of drug-likeness (QED) is 0.0130. The lowest BCUT2D eigenvalue weighted by atomic mass is 9.97. The van der Waals surface area contributed by atoms with Crippen LogP contribution in [0.4, 0.5) is 0 Å². The lowest BCUT2D eigenvalue weighted by Crippen LogP contribution is -2.65. The number of rotatable bonds is 55. The largest absolute Gasteiger partial charge is 0.492 e. The van der Waals surface area contributed by atoms with Crippen LogP contribution in [0.2, 0.25) is 0 Å². The molecule has 28 N–H and O–H groups in total. The number of aliphatic hydroxyl groups excluding tert-OH is 1. The smallest absolute Gasteiger partial charge is 0.245 e. The monoisotopic (exact) mass is 1900 g/mol. The Labute approximate surface area is 784 Å². The number of benzene rings is 5. The van der Waals surface area contributed by atoms with Crippen LogP contribution >= 0.6 is 25.3 Å². The highest BCUT2D eigenvalue weighted by atomic mass is 32.1. The van der Waals surface area contributed by atoms with Crippen molar-refractivity contribution in [1.29, 1.82) is 0 Å². The number of para-hydroxylation sites is 1. The highest BCUT2D eigenvalue weighted by Gasteiger charge is 2.44. The van der Waals surface area contributed by atoms with Crippen molar-refractivity contribution in [3.63, 3.8) is 0 Å². The first-order chi connectivity index (χ1) is 62.9. The highest BCUT2D eigenvalue weighted by Crippen LogP contribution is 2.25. The molecule has 134 heavy (non-hydrogen) atoms. The molecule has 0 saturated carbocycles. The zero-order valence-corrected chi connectivity index (χ0v) is 77.7. The lowest BCUT2D eigenvalue weighted by molar-refractivity contribution is -0.138. The Morgan fingerprint density at radius 2 is 0.851 bits per heavy atom. The second-order valence-electron chi connectivity index (χ2n) is 34.1. The third kappa shape index (κ3) is 35.7. The summed E-state index contributed by atoms with van der Waals surface area (Å²) >= 11 is 9.34. The number of thiol groups is 2. The van der Waals surface area contributed by atoms with Crippen molar-refractivity contribution in [2.24, 2.45) is 34.4 Å². The van der Waals surface area contributed by atoms with Gasteiger partial charge in [0.1, 0.15) is 90.4 Å². The topological polar surface area (TPSA) is 694 Å². The molecule has 0 aliphatic heterocycles. The van der Waals surface area contributed by atoms with E-state index >= 15 is 24.0 Å². The predicted octanol–water partition coefficient (Wildman–Crippen LogP) is -3.47. The van der Waals surface area contributed by atoms with Gasteiger partial charge in [0.15, 0.2) is 0 Å². The van der Waals surface area contributed by atoms with Gasteiger partial charge in [-0.1, -0.05) is 103 Å². The summed E-state index contributed by atoms with van der Waals surface area (Å²) in [4.78, 5) is 266. The van der Waals surface area contributed by atoms with Crippen LogP contribution in [0.25, 0.3) is 21.7 Å². The van der Waals surface area contributed by atoms with Gasteiger partial charge in [0.05, 0.1) is 18.9 Å². The molecule has 726 valence electrons. The number of aromatic nitrogens is 1. The summed E-state index contributed by atoms with van der Waals surface area (Å²) in [5.41, 5.74) is 33.5. The van der Waals surface area contributed by atoms with Crippen molar-refractivity contribution in [1.82, 2.24) is 79.4 Å². The summed E-state index contributed by atoms with van der Waals surface area (Å²) in [6.07, 6.45) is -5.17. The van der Waals surface area contributed by atoms with Crippen molar-refractivity contribution in [2.75, 3.05) is 19.7 Å². The maximum atomic E-state index is 15.6. The number of unbranched alkanes of at least 4 members (excludes halogenated alkanes) is 1. The number of aliphatic hydroxyl groups is 1. The van der Waals surface area contributed by atoms with E-state index in [0.29, 0.717) is 44.3 Å². The average molecular weight is 1900 g/mol. The van der Waals surface area contributed by atoms with E-state index in [9.17, 15) is 72.2 Å². The molecule has 13 atom stereocenters. The maximum Gasteiger partial charge on any atom is 0.245 e. The predicted molar refractivity (Wildman–Crippen MR) is 500 cm³/mol. The first kappa shape index (κ1) is 109. The summed E-state index contributed by atoms with van der Waals surface area (Å²) in [6.45, 7) is 12.2. The van der Waals surface area contributed by atoms with Crippen LogP contribution < -0.4 is 114 Å². The second kappa shape index (κ2) is 51.3. The SMILES string of the molecule is CC(=O)NCCCC[C@H](NC(=O)C(C)(C)NC(=O)[C@H](Cc1ccc2ccccc2c1)NC(=O)[C@H](Cc1ccc(OCCN)cc1)NC(=O)[C@@H](NC(=O)[C@H](CCC(N)=O)NC(=O)[C@H](Cc1c[nH]c2ccccc12)NC(=O)[C@@H](NC(=O)[C@H](CCC(N)=O)NC(=O)[C@@H](NC(=O)[C@@H](Cc1ccccc1)NC(C)=O)C(C)(C)S)[C@@H](C)O)C(C)(C)S)C(=O)N[C@@H](CC(N)=O)C(=O)N[C@@H](CC(N)=O)C(N)=O. The number of nitrogens with one attached hydrogen (secondary N) is 15. The Morgan fingerprint density at radius 3 is 1.40 bits per heavy atom. The van der Waals surface area contributed by atoms with Gasteiger partial charge in [0.25, 0.3) is 0 Å². The zero-order chi connectivity index (χ0) is 99.6. The number of nitrogens with two attached hydrogens (primary N) is 6. The molecule has 42 nitrogen and oxygen atoms in total. The van der Waals surface area contributed by atoms with Crippen LogP contribution in [0.3, 0.4) is 0 Å².